The van der Waals surface area contributed by atoms with Gasteiger partial charge in [-0.2, -0.15) is 0 Å². The third-order valence-corrected chi connectivity index (χ3v) is 4.14. The van der Waals surface area contributed by atoms with E-state index in [1.165, 1.54) is 0 Å². The molecule has 6 nitrogen and oxygen atoms in total. The van der Waals surface area contributed by atoms with Crippen molar-refractivity contribution in [3.8, 4) is 0 Å². The number of imide groups is 1. The summed E-state index contributed by atoms with van der Waals surface area (Å²) in [5.74, 6) is -0.728. The summed E-state index contributed by atoms with van der Waals surface area (Å²) in [5.41, 5.74) is 0.845. The number of carbonyl (C=O) groups is 3. The standard InChI is InChI=1S/C16H19N3O3/c20-14(18-11-5-8-17-9-6-11)7-10-19-15(21)12-3-1-2-4-13(12)16(19)22/h1-4,11,17H,5-10H2,(H,18,20). The molecule has 6 heteroatoms. The molecule has 3 amide bonds. The van der Waals surface area contributed by atoms with Crippen molar-refractivity contribution in [2.75, 3.05) is 19.6 Å². The van der Waals surface area contributed by atoms with Crippen molar-refractivity contribution in [1.29, 1.82) is 0 Å². The number of benzene rings is 1. The predicted octanol–water partition coefficient (Wildman–Crippen LogP) is 0.541. The molecule has 3 rings (SSSR count). The third-order valence-electron chi connectivity index (χ3n) is 4.14. The van der Waals surface area contributed by atoms with Gasteiger partial charge in [-0.15, -0.1) is 0 Å². The monoisotopic (exact) mass is 301 g/mol. The fourth-order valence-electron chi connectivity index (χ4n) is 2.92. The predicted molar refractivity (Wildman–Crippen MR) is 80.5 cm³/mol. The van der Waals surface area contributed by atoms with E-state index < -0.39 is 0 Å². The Bertz CT molecular complexity index is 573. The highest BCUT2D eigenvalue weighted by Gasteiger charge is 2.35. The van der Waals surface area contributed by atoms with E-state index in [2.05, 4.69) is 10.6 Å². The molecule has 2 heterocycles. The molecule has 0 aromatic heterocycles. The highest BCUT2D eigenvalue weighted by atomic mass is 16.2. The highest BCUT2D eigenvalue weighted by molar-refractivity contribution is 6.21. The van der Waals surface area contributed by atoms with Crippen LogP contribution in [0.15, 0.2) is 24.3 Å². The number of fused-ring (bicyclic) bond motifs is 1. The van der Waals surface area contributed by atoms with Crippen molar-refractivity contribution >= 4 is 17.7 Å². The topological polar surface area (TPSA) is 78.5 Å². The maximum Gasteiger partial charge on any atom is 0.261 e. The smallest absolute Gasteiger partial charge is 0.261 e. The van der Waals surface area contributed by atoms with Gasteiger partial charge in [-0.1, -0.05) is 12.1 Å². The van der Waals surface area contributed by atoms with Crippen molar-refractivity contribution in [2.24, 2.45) is 0 Å². The number of nitrogens with one attached hydrogen (secondary N) is 2. The van der Waals surface area contributed by atoms with Gasteiger partial charge in [0.2, 0.25) is 5.91 Å². The van der Waals surface area contributed by atoms with Crippen LogP contribution in [0.3, 0.4) is 0 Å². The summed E-state index contributed by atoms with van der Waals surface area (Å²) in [4.78, 5) is 37.5. The van der Waals surface area contributed by atoms with Gasteiger partial charge in [0.15, 0.2) is 0 Å². The van der Waals surface area contributed by atoms with Crippen LogP contribution in [0.4, 0.5) is 0 Å². The number of nitrogens with zero attached hydrogens (tertiary/aromatic N) is 1. The van der Waals surface area contributed by atoms with Gasteiger partial charge in [-0.25, -0.2) is 0 Å². The zero-order valence-corrected chi connectivity index (χ0v) is 12.3. The van der Waals surface area contributed by atoms with E-state index in [9.17, 15) is 14.4 Å². The first kappa shape index (κ1) is 14.7. The van der Waals surface area contributed by atoms with Crippen molar-refractivity contribution in [1.82, 2.24) is 15.5 Å². The van der Waals surface area contributed by atoms with Crippen LogP contribution in [0, 0.1) is 0 Å². The van der Waals surface area contributed by atoms with Gasteiger partial charge in [0.05, 0.1) is 11.1 Å². The largest absolute Gasteiger partial charge is 0.353 e. The molecule has 0 bridgehead atoms. The SMILES string of the molecule is O=C(CCN1C(=O)c2ccccc2C1=O)NC1CCNCC1. The number of hydrogen-bond donors (Lipinski definition) is 2. The number of piperidine rings is 1. The lowest BCUT2D eigenvalue weighted by molar-refractivity contribution is -0.122. The molecule has 1 fully saturated rings. The van der Waals surface area contributed by atoms with Gasteiger partial charge in [-0.3, -0.25) is 19.3 Å². The fourth-order valence-corrected chi connectivity index (χ4v) is 2.92. The average molecular weight is 301 g/mol. The van der Waals surface area contributed by atoms with Gasteiger partial charge in [0.1, 0.15) is 0 Å². The van der Waals surface area contributed by atoms with Crippen molar-refractivity contribution in [3.05, 3.63) is 35.4 Å². The van der Waals surface area contributed by atoms with E-state index in [-0.39, 0.29) is 36.7 Å². The number of rotatable bonds is 4. The molecular formula is C16H19N3O3. The Labute approximate surface area is 128 Å². The summed E-state index contributed by atoms with van der Waals surface area (Å²) < 4.78 is 0. The van der Waals surface area contributed by atoms with Crippen LogP contribution in [0.2, 0.25) is 0 Å². The van der Waals surface area contributed by atoms with E-state index in [1.807, 2.05) is 0 Å². The van der Waals surface area contributed by atoms with Gasteiger partial charge < -0.3 is 10.6 Å². The van der Waals surface area contributed by atoms with Crippen LogP contribution in [0.5, 0.6) is 0 Å². The number of hydrogen-bond acceptors (Lipinski definition) is 4. The van der Waals surface area contributed by atoms with E-state index in [1.54, 1.807) is 24.3 Å². The summed E-state index contributed by atoms with van der Waals surface area (Å²) in [6, 6.07) is 6.94. The normalized spacial score (nSPS) is 18.5. The molecule has 1 saturated heterocycles. The molecule has 1 aromatic rings. The van der Waals surface area contributed by atoms with E-state index in [4.69, 9.17) is 0 Å². The molecule has 0 spiro atoms. The molecule has 0 aliphatic carbocycles. The molecule has 2 aliphatic heterocycles. The van der Waals surface area contributed by atoms with Gasteiger partial charge >= 0.3 is 0 Å². The molecule has 2 N–H and O–H groups in total. The molecular weight excluding hydrogens is 282 g/mol. The molecule has 2 aliphatic rings. The Morgan fingerprint density at radius 1 is 1.14 bits per heavy atom. The van der Waals surface area contributed by atoms with Crippen molar-refractivity contribution in [2.45, 2.75) is 25.3 Å². The average Bonchev–Trinajstić information content (AvgIpc) is 2.78. The molecule has 22 heavy (non-hydrogen) atoms. The first-order valence-electron chi connectivity index (χ1n) is 7.62. The van der Waals surface area contributed by atoms with Crippen LogP contribution in [0.1, 0.15) is 40.0 Å². The minimum absolute atomic E-state index is 0.108. The Kier molecular flexibility index (Phi) is 4.20. The van der Waals surface area contributed by atoms with Gasteiger partial charge in [0.25, 0.3) is 11.8 Å². The minimum atomic E-state index is -0.310. The van der Waals surface area contributed by atoms with Crippen molar-refractivity contribution in [3.63, 3.8) is 0 Å². The second-order valence-corrected chi connectivity index (χ2v) is 5.65. The first-order valence-corrected chi connectivity index (χ1v) is 7.62. The van der Waals surface area contributed by atoms with E-state index >= 15 is 0 Å². The van der Waals surface area contributed by atoms with Gasteiger partial charge in [-0.05, 0) is 38.1 Å². The van der Waals surface area contributed by atoms with Crippen LogP contribution < -0.4 is 10.6 Å². The summed E-state index contributed by atoms with van der Waals surface area (Å²) in [7, 11) is 0. The molecule has 0 radical (unpaired) electrons. The van der Waals surface area contributed by atoms with Gasteiger partial charge in [0, 0.05) is 19.0 Å². The molecule has 116 valence electrons. The van der Waals surface area contributed by atoms with Crippen LogP contribution >= 0.6 is 0 Å². The zero-order valence-electron chi connectivity index (χ0n) is 12.3. The second-order valence-electron chi connectivity index (χ2n) is 5.65. The molecule has 0 unspecified atom stereocenters. The highest BCUT2D eigenvalue weighted by Crippen LogP contribution is 2.22. The second kappa shape index (κ2) is 6.27. The third kappa shape index (κ3) is 2.87. The summed E-state index contributed by atoms with van der Waals surface area (Å²) in [6.45, 7) is 1.94. The Morgan fingerprint density at radius 3 is 2.32 bits per heavy atom. The lowest BCUT2D eigenvalue weighted by atomic mass is 10.1. The Morgan fingerprint density at radius 2 is 1.73 bits per heavy atom. The minimum Gasteiger partial charge on any atom is -0.353 e. The zero-order chi connectivity index (χ0) is 15.5. The molecule has 1 aromatic carbocycles. The molecule has 0 saturated carbocycles. The fraction of sp³-hybridized carbons (Fsp3) is 0.438. The maximum atomic E-state index is 12.2. The van der Waals surface area contributed by atoms with E-state index in [0.717, 1.165) is 30.8 Å². The van der Waals surface area contributed by atoms with Crippen LogP contribution in [-0.2, 0) is 4.79 Å². The van der Waals surface area contributed by atoms with Crippen LogP contribution in [0.25, 0.3) is 0 Å². The van der Waals surface area contributed by atoms with Crippen molar-refractivity contribution < 1.29 is 14.4 Å². The van der Waals surface area contributed by atoms with E-state index in [0.29, 0.717) is 11.1 Å². The lowest BCUT2D eigenvalue weighted by Gasteiger charge is -2.24. The molecule has 0 atom stereocenters. The van der Waals surface area contributed by atoms with Crippen LogP contribution in [-0.4, -0.2) is 48.3 Å². The Balaban J connectivity index is 1.55. The Hall–Kier alpha value is -2.21. The quantitative estimate of drug-likeness (QED) is 0.796. The summed E-state index contributed by atoms with van der Waals surface area (Å²) >= 11 is 0. The number of carbonyl (C=O) groups excluding carboxylic acids is 3. The lowest BCUT2D eigenvalue weighted by Crippen LogP contribution is -2.43. The summed E-state index contributed by atoms with van der Waals surface area (Å²) in [5, 5.41) is 6.20. The summed E-state index contributed by atoms with van der Waals surface area (Å²) in [6.07, 6.45) is 1.98. The maximum absolute atomic E-state index is 12.2. The first-order chi connectivity index (χ1) is 10.7. The number of amides is 3.